The van der Waals surface area contributed by atoms with E-state index in [9.17, 15) is 4.79 Å². The molecule has 0 heterocycles. The van der Waals surface area contributed by atoms with Gasteiger partial charge in [0.25, 0.3) is 0 Å². The van der Waals surface area contributed by atoms with E-state index in [0.29, 0.717) is 5.92 Å². The van der Waals surface area contributed by atoms with Crippen LogP contribution in [0.25, 0.3) is 0 Å². The van der Waals surface area contributed by atoms with Crippen LogP contribution >= 0.6 is 0 Å². The van der Waals surface area contributed by atoms with E-state index in [4.69, 9.17) is 5.11 Å². The van der Waals surface area contributed by atoms with Crippen molar-refractivity contribution >= 4 is 5.97 Å². The molecule has 80 valence electrons. The molecule has 0 spiro atoms. The van der Waals surface area contributed by atoms with Gasteiger partial charge in [0, 0.05) is 0 Å². The third kappa shape index (κ3) is 2.60. The van der Waals surface area contributed by atoms with Gasteiger partial charge in [0.2, 0.25) is 0 Å². The third-order valence-electron chi connectivity index (χ3n) is 3.38. The molecule has 2 heteroatoms. The van der Waals surface area contributed by atoms with Gasteiger partial charge in [-0.1, -0.05) is 38.2 Å². The van der Waals surface area contributed by atoms with E-state index in [-0.39, 0.29) is 0 Å². The lowest BCUT2D eigenvalue weighted by Crippen LogP contribution is -2.28. The van der Waals surface area contributed by atoms with Crippen LogP contribution in [-0.4, -0.2) is 11.1 Å². The molecule has 1 fully saturated rings. The van der Waals surface area contributed by atoms with Crippen LogP contribution < -0.4 is 0 Å². The molecule has 1 aliphatic carbocycles. The first-order valence-corrected chi connectivity index (χ1v) is 5.45. The Balaban J connectivity index is 2.54. The average molecular weight is 196 g/mol. The summed E-state index contributed by atoms with van der Waals surface area (Å²) in [7, 11) is 0. The van der Waals surface area contributed by atoms with Crippen LogP contribution in [0.15, 0.2) is 12.7 Å². The van der Waals surface area contributed by atoms with Crippen LogP contribution in [-0.2, 0) is 4.79 Å². The van der Waals surface area contributed by atoms with Crippen molar-refractivity contribution in [2.75, 3.05) is 0 Å². The molecule has 0 aliphatic heterocycles. The monoisotopic (exact) mass is 196 g/mol. The summed E-state index contributed by atoms with van der Waals surface area (Å²) in [5.74, 6) is -0.152. The Morgan fingerprint density at radius 3 is 2.50 bits per heavy atom. The van der Waals surface area contributed by atoms with Crippen molar-refractivity contribution in [1.82, 2.24) is 0 Å². The third-order valence-corrected chi connectivity index (χ3v) is 3.38. The highest BCUT2D eigenvalue weighted by atomic mass is 16.4. The van der Waals surface area contributed by atoms with Crippen LogP contribution in [0.2, 0.25) is 0 Å². The summed E-state index contributed by atoms with van der Waals surface area (Å²) in [5, 5.41) is 9.09. The maximum absolute atomic E-state index is 11.1. The molecule has 2 nitrogen and oxygen atoms in total. The number of hydrogen-bond donors (Lipinski definition) is 1. The Morgan fingerprint density at radius 1 is 1.50 bits per heavy atom. The molecule has 1 aliphatic rings. The predicted octanol–water partition coefficient (Wildman–Crippen LogP) is 3.23. The number of hydrogen-bond acceptors (Lipinski definition) is 1. The van der Waals surface area contributed by atoms with E-state index >= 15 is 0 Å². The average Bonchev–Trinajstić information content (AvgIpc) is 2.19. The molecule has 0 aromatic carbocycles. The quantitative estimate of drug-likeness (QED) is 0.701. The molecule has 0 saturated heterocycles. The van der Waals surface area contributed by atoms with Crippen molar-refractivity contribution in [2.45, 2.75) is 45.4 Å². The second kappa shape index (κ2) is 4.63. The van der Waals surface area contributed by atoms with E-state index in [1.165, 1.54) is 32.1 Å². The minimum absolute atomic E-state index is 0.586. The summed E-state index contributed by atoms with van der Waals surface area (Å²) in [6.07, 6.45) is 8.56. The van der Waals surface area contributed by atoms with Crippen LogP contribution in [0.4, 0.5) is 0 Å². The van der Waals surface area contributed by atoms with E-state index in [1.807, 2.05) is 0 Å². The summed E-state index contributed by atoms with van der Waals surface area (Å²) in [6, 6.07) is 0. The van der Waals surface area contributed by atoms with Gasteiger partial charge >= 0.3 is 5.97 Å². The number of carboxylic acids is 1. The lowest BCUT2D eigenvalue weighted by atomic mass is 9.75. The molecule has 0 aromatic rings. The first-order chi connectivity index (χ1) is 6.58. The zero-order valence-electron chi connectivity index (χ0n) is 8.96. The molecule has 0 radical (unpaired) electrons. The number of carboxylic acid groups (broad SMARTS) is 1. The molecule has 0 aromatic heterocycles. The van der Waals surface area contributed by atoms with E-state index in [1.54, 1.807) is 13.0 Å². The van der Waals surface area contributed by atoms with Gasteiger partial charge in [-0.15, -0.1) is 6.58 Å². The second-order valence-electron chi connectivity index (χ2n) is 4.63. The Hall–Kier alpha value is -0.790. The normalized spacial score (nSPS) is 22.6. The van der Waals surface area contributed by atoms with Gasteiger partial charge in [-0.2, -0.15) is 0 Å². The minimum atomic E-state index is -0.738. The fraction of sp³-hybridized carbons (Fsp3) is 0.750. The standard InChI is InChI=1S/C12H20O2/c1-3-12(2,11(13)14)9-10-7-5-4-6-8-10/h3,10H,1,4-9H2,2H3,(H,13,14). The summed E-state index contributed by atoms with van der Waals surface area (Å²) in [4.78, 5) is 11.1. The van der Waals surface area contributed by atoms with E-state index < -0.39 is 11.4 Å². The first kappa shape index (κ1) is 11.3. The van der Waals surface area contributed by atoms with Gasteiger partial charge in [-0.3, -0.25) is 4.79 Å². The molecule has 1 saturated carbocycles. The number of rotatable bonds is 4. The SMILES string of the molecule is C=CC(C)(CC1CCCCC1)C(=O)O. The van der Waals surface area contributed by atoms with Crippen LogP contribution in [0.1, 0.15) is 45.4 Å². The van der Waals surface area contributed by atoms with E-state index in [0.717, 1.165) is 6.42 Å². The van der Waals surface area contributed by atoms with Crippen molar-refractivity contribution in [3.63, 3.8) is 0 Å². The van der Waals surface area contributed by atoms with Gasteiger partial charge < -0.3 is 5.11 Å². The highest BCUT2D eigenvalue weighted by Crippen LogP contribution is 2.35. The van der Waals surface area contributed by atoms with Gasteiger partial charge in [-0.25, -0.2) is 0 Å². The maximum atomic E-state index is 11.1. The summed E-state index contributed by atoms with van der Waals surface area (Å²) < 4.78 is 0. The molecule has 1 atom stereocenters. The maximum Gasteiger partial charge on any atom is 0.313 e. The Bertz CT molecular complexity index is 216. The number of aliphatic carboxylic acids is 1. The summed E-state index contributed by atoms with van der Waals surface area (Å²) in [5.41, 5.74) is -0.720. The summed E-state index contributed by atoms with van der Waals surface area (Å²) >= 11 is 0. The van der Waals surface area contributed by atoms with Crippen LogP contribution in [0.5, 0.6) is 0 Å². The van der Waals surface area contributed by atoms with E-state index in [2.05, 4.69) is 6.58 Å². The Morgan fingerprint density at radius 2 is 2.07 bits per heavy atom. The van der Waals surface area contributed by atoms with Crippen LogP contribution in [0, 0.1) is 11.3 Å². The van der Waals surface area contributed by atoms with Gasteiger partial charge in [0.15, 0.2) is 0 Å². The molecule has 1 N–H and O–H groups in total. The fourth-order valence-corrected chi connectivity index (χ4v) is 2.25. The molecule has 1 unspecified atom stereocenters. The van der Waals surface area contributed by atoms with Crippen molar-refractivity contribution in [3.8, 4) is 0 Å². The topological polar surface area (TPSA) is 37.3 Å². The second-order valence-corrected chi connectivity index (χ2v) is 4.63. The molecule has 14 heavy (non-hydrogen) atoms. The smallest absolute Gasteiger partial charge is 0.313 e. The molecular weight excluding hydrogens is 176 g/mol. The predicted molar refractivity (Wildman–Crippen MR) is 57.1 cm³/mol. The minimum Gasteiger partial charge on any atom is -0.481 e. The highest BCUT2D eigenvalue weighted by molar-refractivity contribution is 5.76. The van der Waals surface area contributed by atoms with Crippen molar-refractivity contribution < 1.29 is 9.90 Å². The van der Waals surface area contributed by atoms with Crippen molar-refractivity contribution in [3.05, 3.63) is 12.7 Å². The Labute approximate surface area is 86.0 Å². The molecule has 0 bridgehead atoms. The summed E-state index contributed by atoms with van der Waals surface area (Å²) in [6.45, 7) is 5.41. The molecule has 0 amide bonds. The van der Waals surface area contributed by atoms with Crippen LogP contribution in [0.3, 0.4) is 0 Å². The lowest BCUT2D eigenvalue weighted by molar-refractivity contribution is -0.146. The number of carbonyl (C=O) groups is 1. The van der Waals surface area contributed by atoms with Crippen molar-refractivity contribution in [2.24, 2.45) is 11.3 Å². The zero-order valence-corrected chi connectivity index (χ0v) is 8.96. The molecule has 1 rings (SSSR count). The molecular formula is C12H20O2. The fourth-order valence-electron chi connectivity index (χ4n) is 2.25. The lowest BCUT2D eigenvalue weighted by Gasteiger charge is -2.29. The zero-order chi connectivity index (χ0) is 10.6. The van der Waals surface area contributed by atoms with Gasteiger partial charge in [0.05, 0.1) is 5.41 Å². The highest BCUT2D eigenvalue weighted by Gasteiger charge is 2.32. The first-order valence-electron chi connectivity index (χ1n) is 5.45. The van der Waals surface area contributed by atoms with Gasteiger partial charge in [0.1, 0.15) is 0 Å². The largest absolute Gasteiger partial charge is 0.481 e. The van der Waals surface area contributed by atoms with Crippen molar-refractivity contribution in [1.29, 1.82) is 0 Å². The Kier molecular flexibility index (Phi) is 3.73. The van der Waals surface area contributed by atoms with Gasteiger partial charge in [-0.05, 0) is 19.3 Å².